The van der Waals surface area contributed by atoms with E-state index in [1.165, 1.54) is 18.5 Å². The highest BCUT2D eigenvalue weighted by atomic mass is 35.5. The van der Waals surface area contributed by atoms with Gasteiger partial charge >= 0.3 is 0 Å². The monoisotopic (exact) mass is 340 g/mol. The summed E-state index contributed by atoms with van der Waals surface area (Å²) >= 11 is 6.25. The minimum atomic E-state index is 0.0281. The zero-order valence-electron chi connectivity index (χ0n) is 13.5. The molecule has 2 aliphatic rings. The maximum atomic E-state index is 12.5. The van der Waals surface area contributed by atoms with Crippen molar-refractivity contribution in [3.05, 3.63) is 59.1 Å². The van der Waals surface area contributed by atoms with Gasteiger partial charge in [-0.25, -0.2) is 0 Å². The minimum absolute atomic E-state index is 0.0281. The van der Waals surface area contributed by atoms with Crippen LogP contribution in [0.1, 0.15) is 30.7 Å². The quantitative estimate of drug-likeness (QED) is 0.876. The molecule has 4 rings (SSSR count). The molecule has 1 aliphatic heterocycles. The van der Waals surface area contributed by atoms with Crippen LogP contribution in [0, 0.1) is 5.92 Å². The Labute approximate surface area is 147 Å². The van der Waals surface area contributed by atoms with Crippen molar-refractivity contribution in [2.45, 2.75) is 25.2 Å². The lowest BCUT2D eigenvalue weighted by Crippen LogP contribution is -2.18. The van der Waals surface area contributed by atoms with Crippen LogP contribution in [-0.2, 0) is 4.79 Å². The normalized spacial score (nSPS) is 22.5. The van der Waals surface area contributed by atoms with Crippen LogP contribution in [0.3, 0.4) is 0 Å². The van der Waals surface area contributed by atoms with E-state index in [0.717, 1.165) is 35.8 Å². The van der Waals surface area contributed by atoms with E-state index in [9.17, 15) is 4.79 Å². The van der Waals surface area contributed by atoms with Gasteiger partial charge in [-0.1, -0.05) is 35.9 Å². The van der Waals surface area contributed by atoms with Gasteiger partial charge < -0.3 is 10.2 Å². The van der Waals surface area contributed by atoms with Crippen LogP contribution < -0.4 is 10.2 Å². The van der Waals surface area contributed by atoms with Crippen LogP contribution in [0.5, 0.6) is 0 Å². The van der Waals surface area contributed by atoms with Crippen LogP contribution in [0.25, 0.3) is 0 Å². The number of nitrogens with one attached hydrogen (secondary N) is 1. The lowest BCUT2D eigenvalue weighted by Gasteiger charge is -2.18. The largest absolute Gasteiger partial charge is 0.371 e. The molecule has 24 heavy (non-hydrogen) atoms. The molecule has 1 aliphatic carbocycles. The smallest absolute Gasteiger partial charge is 0.228 e. The predicted octanol–water partition coefficient (Wildman–Crippen LogP) is 4.68. The number of nitrogens with zero attached hydrogens (tertiary/aromatic N) is 1. The van der Waals surface area contributed by atoms with Gasteiger partial charge in [0.05, 0.1) is 0 Å². The van der Waals surface area contributed by atoms with Crippen molar-refractivity contribution < 1.29 is 4.79 Å². The van der Waals surface area contributed by atoms with Crippen molar-refractivity contribution >= 4 is 28.9 Å². The Morgan fingerprint density at radius 1 is 1.08 bits per heavy atom. The molecule has 0 aromatic heterocycles. The molecule has 2 aromatic rings. The van der Waals surface area contributed by atoms with E-state index in [-0.39, 0.29) is 17.7 Å². The Balaban J connectivity index is 1.42. The van der Waals surface area contributed by atoms with E-state index in [4.69, 9.17) is 11.6 Å². The fraction of sp³-hybridized carbons (Fsp3) is 0.350. The molecule has 1 saturated heterocycles. The number of halogens is 1. The van der Waals surface area contributed by atoms with E-state index in [1.54, 1.807) is 0 Å². The number of hydrogen-bond donors (Lipinski definition) is 1. The summed E-state index contributed by atoms with van der Waals surface area (Å²) in [5, 5.41) is 3.84. The topological polar surface area (TPSA) is 32.3 Å². The van der Waals surface area contributed by atoms with E-state index in [2.05, 4.69) is 22.3 Å². The minimum Gasteiger partial charge on any atom is -0.371 e. The standard InChI is InChI=1S/C20H21ClN2O/c21-19-9-2-1-8-16(19)17-13-18(17)20(24)22-14-6-5-7-15(12-14)23-10-3-4-11-23/h1-2,5-9,12,17-18H,3-4,10-11,13H2,(H,22,24). The Morgan fingerprint density at radius 3 is 2.67 bits per heavy atom. The molecule has 0 bridgehead atoms. The summed E-state index contributed by atoms with van der Waals surface area (Å²) in [5.41, 5.74) is 3.17. The number of carbonyl (C=O) groups is 1. The molecule has 2 atom stereocenters. The van der Waals surface area contributed by atoms with Crippen molar-refractivity contribution in [1.82, 2.24) is 0 Å². The zero-order valence-corrected chi connectivity index (χ0v) is 14.3. The molecule has 1 amide bonds. The Kier molecular flexibility index (Phi) is 4.19. The van der Waals surface area contributed by atoms with E-state index in [1.807, 2.05) is 36.4 Å². The average Bonchev–Trinajstić information content (AvgIpc) is 3.19. The lowest BCUT2D eigenvalue weighted by molar-refractivity contribution is -0.117. The molecule has 1 saturated carbocycles. The highest BCUT2D eigenvalue weighted by Gasteiger charge is 2.44. The van der Waals surface area contributed by atoms with Gasteiger partial charge in [0.25, 0.3) is 0 Å². The summed E-state index contributed by atoms with van der Waals surface area (Å²) in [6.45, 7) is 2.21. The first-order valence-corrected chi connectivity index (χ1v) is 9.00. The van der Waals surface area contributed by atoms with Gasteiger partial charge in [0.2, 0.25) is 5.91 Å². The number of rotatable bonds is 4. The van der Waals surface area contributed by atoms with Gasteiger partial charge in [-0.05, 0) is 55.0 Å². The molecule has 3 nitrogen and oxygen atoms in total. The Hall–Kier alpha value is -2.00. The second kappa shape index (κ2) is 6.48. The van der Waals surface area contributed by atoms with Crippen molar-refractivity contribution in [3.8, 4) is 0 Å². The number of hydrogen-bond acceptors (Lipinski definition) is 2. The summed E-state index contributed by atoms with van der Waals surface area (Å²) in [4.78, 5) is 14.9. The SMILES string of the molecule is O=C(Nc1cccc(N2CCCC2)c1)C1CC1c1ccccc1Cl. The molecule has 1 heterocycles. The summed E-state index contributed by atoms with van der Waals surface area (Å²) in [6, 6.07) is 16.0. The van der Waals surface area contributed by atoms with Gasteiger partial charge in [-0.2, -0.15) is 0 Å². The van der Waals surface area contributed by atoms with Crippen molar-refractivity contribution in [1.29, 1.82) is 0 Å². The van der Waals surface area contributed by atoms with Crippen LogP contribution in [-0.4, -0.2) is 19.0 Å². The number of benzene rings is 2. The van der Waals surface area contributed by atoms with Gasteiger partial charge in [-0.3, -0.25) is 4.79 Å². The third-order valence-corrected chi connectivity index (χ3v) is 5.36. The maximum Gasteiger partial charge on any atom is 0.228 e. The summed E-state index contributed by atoms with van der Waals surface area (Å²) in [6.07, 6.45) is 3.37. The van der Waals surface area contributed by atoms with Gasteiger partial charge in [-0.15, -0.1) is 0 Å². The molecule has 2 fully saturated rings. The Bertz CT molecular complexity index is 755. The van der Waals surface area contributed by atoms with Crippen molar-refractivity contribution in [2.75, 3.05) is 23.3 Å². The molecule has 2 aromatic carbocycles. The molecular weight excluding hydrogens is 320 g/mol. The van der Waals surface area contributed by atoms with Crippen molar-refractivity contribution in [3.63, 3.8) is 0 Å². The Morgan fingerprint density at radius 2 is 1.88 bits per heavy atom. The fourth-order valence-electron chi connectivity index (χ4n) is 3.59. The van der Waals surface area contributed by atoms with Crippen LogP contribution in [0.2, 0.25) is 5.02 Å². The third kappa shape index (κ3) is 3.13. The van der Waals surface area contributed by atoms with Crippen LogP contribution in [0.4, 0.5) is 11.4 Å². The van der Waals surface area contributed by atoms with E-state index < -0.39 is 0 Å². The van der Waals surface area contributed by atoms with E-state index in [0.29, 0.717) is 0 Å². The first kappa shape index (κ1) is 15.5. The summed E-state index contributed by atoms with van der Waals surface area (Å²) in [5.74, 6) is 0.374. The van der Waals surface area contributed by atoms with Crippen LogP contribution in [0.15, 0.2) is 48.5 Å². The number of anilines is 2. The molecule has 4 heteroatoms. The lowest BCUT2D eigenvalue weighted by atomic mass is 10.1. The predicted molar refractivity (Wildman–Crippen MR) is 98.8 cm³/mol. The first-order valence-electron chi connectivity index (χ1n) is 8.63. The summed E-state index contributed by atoms with van der Waals surface area (Å²) < 4.78 is 0. The second-order valence-electron chi connectivity index (χ2n) is 6.70. The van der Waals surface area contributed by atoms with E-state index >= 15 is 0 Å². The molecule has 0 spiro atoms. The fourth-order valence-corrected chi connectivity index (χ4v) is 3.87. The summed E-state index contributed by atoms with van der Waals surface area (Å²) in [7, 11) is 0. The molecule has 1 N–H and O–H groups in total. The number of amides is 1. The van der Waals surface area contributed by atoms with Gasteiger partial charge in [0.15, 0.2) is 0 Å². The average molecular weight is 341 g/mol. The molecule has 124 valence electrons. The maximum absolute atomic E-state index is 12.5. The van der Waals surface area contributed by atoms with Crippen molar-refractivity contribution in [2.24, 2.45) is 5.92 Å². The molecule has 0 radical (unpaired) electrons. The number of carbonyl (C=O) groups excluding carboxylic acids is 1. The highest BCUT2D eigenvalue weighted by molar-refractivity contribution is 6.31. The molecular formula is C20H21ClN2O. The second-order valence-corrected chi connectivity index (χ2v) is 7.11. The first-order chi connectivity index (χ1) is 11.7. The van der Waals surface area contributed by atoms with Gasteiger partial charge in [0, 0.05) is 35.4 Å². The highest BCUT2D eigenvalue weighted by Crippen LogP contribution is 2.50. The van der Waals surface area contributed by atoms with Gasteiger partial charge in [0.1, 0.15) is 0 Å². The third-order valence-electron chi connectivity index (χ3n) is 5.02. The molecule has 2 unspecified atom stereocenters. The van der Waals surface area contributed by atoms with Crippen LogP contribution >= 0.6 is 11.6 Å². The zero-order chi connectivity index (χ0) is 16.5.